The number of hydrogen-bond donors (Lipinski definition) is 1. The molecule has 34 heavy (non-hydrogen) atoms. The van der Waals surface area contributed by atoms with E-state index in [-0.39, 0.29) is 17.9 Å². The molecule has 3 atom stereocenters. The van der Waals surface area contributed by atoms with Crippen molar-refractivity contribution >= 4 is 5.91 Å². The van der Waals surface area contributed by atoms with Gasteiger partial charge in [-0.1, -0.05) is 13.8 Å². The Hall–Kier alpha value is -3.33. The first-order valence-corrected chi connectivity index (χ1v) is 11.7. The lowest BCUT2D eigenvalue weighted by atomic mass is 9.94. The first kappa shape index (κ1) is 22.5. The number of nitrogens with zero attached hydrogens (tertiary/aromatic N) is 6. The molecule has 9 nitrogen and oxygen atoms in total. The molecule has 1 saturated heterocycles. The summed E-state index contributed by atoms with van der Waals surface area (Å²) in [4.78, 5) is 28.2. The molecule has 0 radical (unpaired) electrons. The van der Waals surface area contributed by atoms with Gasteiger partial charge in [0.1, 0.15) is 17.5 Å². The van der Waals surface area contributed by atoms with Gasteiger partial charge in [-0.15, -0.1) is 0 Å². The number of amides is 1. The molecule has 178 valence electrons. The number of fused-ring (bicyclic) bond motifs is 1. The van der Waals surface area contributed by atoms with E-state index in [4.69, 9.17) is 15.5 Å². The van der Waals surface area contributed by atoms with Gasteiger partial charge in [-0.2, -0.15) is 5.10 Å². The van der Waals surface area contributed by atoms with E-state index in [1.807, 2.05) is 24.8 Å². The van der Waals surface area contributed by atoms with Crippen molar-refractivity contribution in [1.29, 1.82) is 0 Å². The maximum absolute atomic E-state index is 13.2. The molecule has 9 heteroatoms. The topological polar surface area (TPSA) is 112 Å². The third-order valence-corrected chi connectivity index (χ3v) is 6.71. The van der Waals surface area contributed by atoms with Crippen LogP contribution in [0.2, 0.25) is 0 Å². The quantitative estimate of drug-likeness (QED) is 0.601. The average molecular weight is 462 g/mol. The summed E-state index contributed by atoms with van der Waals surface area (Å²) in [5.41, 5.74) is 8.98. The summed E-state index contributed by atoms with van der Waals surface area (Å²) in [7, 11) is 1.77. The number of hydrogen-bond acceptors (Lipinski definition) is 7. The van der Waals surface area contributed by atoms with E-state index in [0.29, 0.717) is 48.0 Å². The van der Waals surface area contributed by atoms with Gasteiger partial charge in [0.2, 0.25) is 5.88 Å². The zero-order chi connectivity index (χ0) is 24.2. The Bertz CT molecular complexity index is 1200. The highest BCUT2D eigenvalue weighted by Crippen LogP contribution is 2.48. The summed E-state index contributed by atoms with van der Waals surface area (Å²) in [5.74, 6) is 2.00. The van der Waals surface area contributed by atoms with Crippen molar-refractivity contribution in [3.63, 3.8) is 0 Å². The number of rotatable bonds is 6. The fourth-order valence-corrected chi connectivity index (χ4v) is 4.58. The number of likely N-dealkylation sites (tertiary alicyclic amines) is 1. The standard InChI is InChI=1S/C25H31N7O2/c1-14(2)18-9-15(25(3,4)26)10-21(29-18)34-22-16-12-32(13-17(16)22)24(33)20-11-19(30-31(20)5)23-27-7-6-8-28-23/h6-11,14,16-17,22H,12-13,26H2,1-5H3/t16-,17+,22?. The fraction of sp³-hybridized carbons (Fsp3) is 0.480. The first-order valence-electron chi connectivity index (χ1n) is 11.7. The maximum Gasteiger partial charge on any atom is 0.272 e. The fourth-order valence-electron chi connectivity index (χ4n) is 4.58. The molecule has 3 aromatic heterocycles. The van der Waals surface area contributed by atoms with Crippen LogP contribution in [0, 0.1) is 11.8 Å². The molecule has 1 amide bonds. The molecule has 5 rings (SSSR count). The zero-order valence-corrected chi connectivity index (χ0v) is 20.3. The molecule has 1 saturated carbocycles. The van der Waals surface area contributed by atoms with Crippen LogP contribution in [0.25, 0.3) is 11.5 Å². The Morgan fingerprint density at radius 1 is 1.15 bits per heavy atom. The van der Waals surface area contributed by atoms with Gasteiger partial charge in [0.05, 0.1) is 0 Å². The molecule has 2 fully saturated rings. The molecular formula is C25H31N7O2. The van der Waals surface area contributed by atoms with Crippen molar-refractivity contribution in [2.45, 2.75) is 45.3 Å². The minimum atomic E-state index is -0.472. The monoisotopic (exact) mass is 461 g/mol. The van der Waals surface area contributed by atoms with Crippen molar-refractivity contribution in [3.05, 3.63) is 53.6 Å². The van der Waals surface area contributed by atoms with Gasteiger partial charge in [0.15, 0.2) is 5.82 Å². The van der Waals surface area contributed by atoms with Gasteiger partial charge in [-0.25, -0.2) is 15.0 Å². The van der Waals surface area contributed by atoms with Crippen LogP contribution >= 0.6 is 0 Å². The molecule has 1 aliphatic carbocycles. The van der Waals surface area contributed by atoms with Crippen molar-refractivity contribution in [3.8, 4) is 17.4 Å². The SMILES string of the molecule is CC(C)c1cc(C(C)(C)N)cc(OC2[C@H]3CN(C(=O)c4cc(-c5ncccn5)nn4C)C[C@@H]23)n1. The number of aromatic nitrogens is 5. The second-order valence-corrected chi connectivity index (χ2v) is 10.2. The van der Waals surface area contributed by atoms with Crippen molar-refractivity contribution in [2.24, 2.45) is 24.6 Å². The minimum absolute atomic E-state index is 0.0322. The molecule has 2 N–H and O–H groups in total. The van der Waals surface area contributed by atoms with Crippen LogP contribution in [0.5, 0.6) is 5.88 Å². The highest BCUT2D eigenvalue weighted by Gasteiger charge is 2.59. The number of ether oxygens (including phenoxy) is 1. The summed E-state index contributed by atoms with van der Waals surface area (Å²) in [6.07, 6.45) is 3.40. The number of aryl methyl sites for hydroxylation is 1. The summed E-state index contributed by atoms with van der Waals surface area (Å²) in [6.45, 7) is 9.52. The van der Waals surface area contributed by atoms with Crippen molar-refractivity contribution < 1.29 is 9.53 Å². The predicted molar refractivity (Wildman–Crippen MR) is 127 cm³/mol. The molecule has 0 aromatic carbocycles. The molecule has 0 bridgehead atoms. The van der Waals surface area contributed by atoms with E-state index in [1.165, 1.54) is 0 Å². The number of carbonyl (C=O) groups excluding carboxylic acids is 1. The second kappa shape index (κ2) is 8.16. The van der Waals surface area contributed by atoms with E-state index in [2.05, 4.69) is 35.0 Å². The van der Waals surface area contributed by atoms with E-state index in [1.54, 1.807) is 36.3 Å². The van der Waals surface area contributed by atoms with E-state index in [9.17, 15) is 4.79 Å². The summed E-state index contributed by atoms with van der Waals surface area (Å²) >= 11 is 0. The molecule has 4 heterocycles. The predicted octanol–water partition coefficient (Wildman–Crippen LogP) is 2.74. The molecular weight excluding hydrogens is 430 g/mol. The number of carbonyl (C=O) groups is 1. The van der Waals surface area contributed by atoms with Gasteiger partial charge < -0.3 is 15.4 Å². The second-order valence-electron chi connectivity index (χ2n) is 10.2. The third kappa shape index (κ3) is 4.16. The van der Waals surface area contributed by atoms with Gasteiger partial charge in [-0.3, -0.25) is 9.48 Å². The van der Waals surface area contributed by atoms with Gasteiger partial charge in [0.25, 0.3) is 5.91 Å². The first-order chi connectivity index (χ1) is 16.1. The molecule has 0 spiro atoms. The minimum Gasteiger partial charge on any atom is -0.474 e. The van der Waals surface area contributed by atoms with Crippen LogP contribution in [0.3, 0.4) is 0 Å². The third-order valence-electron chi connectivity index (χ3n) is 6.71. The Morgan fingerprint density at radius 2 is 1.82 bits per heavy atom. The Morgan fingerprint density at radius 3 is 2.44 bits per heavy atom. The van der Waals surface area contributed by atoms with Crippen LogP contribution in [0.1, 0.15) is 55.4 Å². The number of piperidine rings is 1. The lowest BCUT2D eigenvalue weighted by Gasteiger charge is -2.23. The highest BCUT2D eigenvalue weighted by atomic mass is 16.5. The van der Waals surface area contributed by atoms with Crippen molar-refractivity contribution in [1.82, 2.24) is 29.6 Å². The van der Waals surface area contributed by atoms with E-state index in [0.717, 1.165) is 11.3 Å². The summed E-state index contributed by atoms with van der Waals surface area (Å²) in [5, 5.41) is 4.43. The average Bonchev–Trinajstić information content (AvgIpc) is 3.14. The van der Waals surface area contributed by atoms with Crippen LogP contribution < -0.4 is 10.5 Å². The van der Waals surface area contributed by atoms with Gasteiger partial charge in [-0.05, 0) is 37.5 Å². The van der Waals surface area contributed by atoms with Crippen LogP contribution in [-0.4, -0.2) is 54.7 Å². The van der Waals surface area contributed by atoms with Gasteiger partial charge in [0, 0.05) is 67.7 Å². The number of nitrogens with two attached hydrogens (primary N) is 1. The Kier molecular flexibility index (Phi) is 5.39. The summed E-state index contributed by atoms with van der Waals surface area (Å²) < 4.78 is 7.90. The molecule has 3 aromatic rings. The lowest BCUT2D eigenvalue weighted by Crippen LogP contribution is -2.34. The zero-order valence-electron chi connectivity index (χ0n) is 20.3. The molecule has 1 aliphatic heterocycles. The van der Waals surface area contributed by atoms with Crippen LogP contribution in [0.15, 0.2) is 36.7 Å². The lowest BCUT2D eigenvalue weighted by molar-refractivity contribution is 0.0740. The van der Waals surface area contributed by atoms with Crippen LogP contribution in [0.4, 0.5) is 0 Å². The smallest absolute Gasteiger partial charge is 0.272 e. The van der Waals surface area contributed by atoms with E-state index >= 15 is 0 Å². The maximum atomic E-state index is 13.2. The molecule has 1 unspecified atom stereocenters. The summed E-state index contributed by atoms with van der Waals surface area (Å²) in [6, 6.07) is 7.52. The normalized spacial score (nSPS) is 21.6. The number of pyridine rings is 1. The van der Waals surface area contributed by atoms with Crippen LogP contribution in [-0.2, 0) is 12.6 Å². The largest absolute Gasteiger partial charge is 0.474 e. The van der Waals surface area contributed by atoms with E-state index < -0.39 is 5.54 Å². The molecule has 2 aliphatic rings. The highest BCUT2D eigenvalue weighted by molar-refractivity contribution is 5.94. The van der Waals surface area contributed by atoms with Crippen molar-refractivity contribution in [2.75, 3.05) is 13.1 Å². The Balaban J connectivity index is 1.26. The van der Waals surface area contributed by atoms with Gasteiger partial charge >= 0.3 is 0 Å². The Labute approximate surface area is 199 Å².